The van der Waals surface area contributed by atoms with Crippen molar-refractivity contribution in [2.24, 2.45) is 0 Å². The van der Waals surface area contributed by atoms with Crippen molar-refractivity contribution in [2.45, 2.75) is 16.3 Å². The summed E-state index contributed by atoms with van der Waals surface area (Å²) in [5, 5.41) is 4.33. The molecule has 1 atom stereocenters. The maximum atomic E-state index is 13.4. The molecular formula is C26H19F3N2O3S. The number of amides is 2. The number of nitrogens with one attached hydrogen (secondary N) is 2. The smallest absolute Gasteiger partial charge is 0.418 e. The van der Waals surface area contributed by atoms with Crippen molar-refractivity contribution in [1.82, 2.24) is 0 Å². The lowest BCUT2D eigenvalue weighted by molar-refractivity contribution is -0.137. The predicted octanol–water partition coefficient (Wildman–Crippen LogP) is 7.02. The maximum absolute atomic E-state index is 13.4. The highest BCUT2D eigenvalue weighted by atomic mass is 32.2. The molecule has 0 spiro atoms. The average Bonchev–Trinajstić information content (AvgIpc) is 3.39. The van der Waals surface area contributed by atoms with Crippen LogP contribution in [-0.2, 0) is 11.0 Å². The van der Waals surface area contributed by atoms with Crippen LogP contribution in [0.5, 0.6) is 0 Å². The van der Waals surface area contributed by atoms with Gasteiger partial charge in [0.15, 0.2) is 5.76 Å². The van der Waals surface area contributed by atoms with Crippen LogP contribution in [0.1, 0.15) is 26.9 Å². The molecule has 4 aromatic rings. The molecule has 178 valence electrons. The standard InChI is InChI=1S/C26H19F3N2O3S/c27-26(28,29)20-9-4-5-10-21(20)31-25(33)23(17-7-2-1-3-8-17)35-19-14-12-18(13-15-19)30-24(32)22-11-6-16-34-22/h1-16,23H,(H,30,32)(H,31,33). The van der Waals surface area contributed by atoms with Crippen molar-refractivity contribution < 1.29 is 27.2 Å². The average molecular weight is 497 g/mol. The van der Waals surface area contributed by atoms with E-state index >= 15 is 0 Å². The van der Waals surface area contributed by atoms with E-state index in [1.807, 2.05) is 0 Å². The van der Waals surface area contributed by atoms with Gasteiger partial charge >= 0.3 is 6.18 Å². The molecule has 3 aromatic carbocycles. The van der Waals surface area contributed by atoms with E-state index in [4.69, 9.17) is 4.42 Å². The third kappa shape index (κ3) is 6.13. The molecule has 0 radical (unpaired) electrons. The van der Waals surface area contributed by atoms with E-state index in [0.717, 1.165) is 6.07 Å². The minimum Gasteiger partial charge on any atom is -0.459 e. The SMILES string of the molecule is O=C(Nc1ccc(SC(C(=O)Nc2ccccc2C(F)(F)F)c2ccccc2)cc1)c1ccco1. The van der Waals surface area contributed by atoms with E-state index in [-0.39, 0.29) is 11.4 Å². The van der Waals surface area contributed by atoms with Gasteiger partial charge in [-0.25, -0.2) is 0 Å². The second-order valence-corrected chi connectivity index (χ2v) is 8.58. The van der Waals surface area contributed by atoms with E-state index < -0.39 is 28.8 Å². The first-order valence-corrected chi connectivity index (χ1v) is 11.3. The number of anilines is 2. The summed E-state index contributed by atoms with van der Waals surface area (Å²) in [5.74, 6) is -0.822. The van der Waals surface area contributed by atoms with Crippen LogP contribution in [-0.4, -0.2) is 11.8 Å². The largest absolute Gasteiger partial charge is 0.459 e. The van der Waals surface area contributed by atoms with E-state index in [1.165, 1.54) is 36.2 Å². The van der Waals surface area contributed by atoms with Crippen LogP contribution in [0.2, 0.25) is 0 Å². The van der Waals surface area contributed by atoms with Gasteiger partial charge in [0.1, 0.15) is 5.25 Å². The number of rotatable bonds is 7. The zero-order valence-electron chi connectivity index (χ0n) is 18.1. The summed E-state index contributed by atoms with van der Waals surface area (Å²) in [6.45, 7) is 0. The van der Waals surface area contributed by atoms with E-state index in [9.17, 15) is 22.8 Å². The number of carbonyl (C=O) groups excluding carboxylic acids is 2. The summed E-state index contributed by atoms with van der Waals surface area (Å²) in [6, 6.07) is 23.6. The quantitative estimate of drug-likeness (QED) is 0.270. The fraction of sp³-hybridized carbons (Fsp3) is 0.0769. The van der Waals surface area contributed by atoms with Gasteiger partial charge in [-0.1, -0.05) is 42.5 Å². The van der Waals surface area contributed by atoms with Crippen LogP contribution in [0.3, 0.4) is 0 Å². The molecule has 5 nitrogen and oxygen atoms in total. The van der Waals surface area contributed by atoms with Crippen molar-refractivity contribution in [3.63, 3.8) is 0 Å². The van der Waals surface area contributed by atoms with Crippen LogP contribution in [0.25, 0.3) is 0 Å². The first-order chi connectivity index (χ1) is 16.8. The Morgan fingerprint density at radius 1 is 0.800 bits per heavy atom. The summed E-state index contributed by atoms with van der Waals surface area (Å²) in [7, 11) is 0. The number of benzene rings is 3. The molecule has 9 heteroatoms. The highest BCUT2D eigenvalue weighted by molar-refractivity contribution is 8.00. The van der Waals surface area contributed by atoms with Gasteiger partial charge in [-0.2, -0.15) is 13.2 Å². The highest BCUT2D eigenvalue weighted by Gasteiger charge is 2.34. The fourth-order valence-electron chi connectivity index (χ4n) is 3.29. The van der Waals surface area contributed by atoms with Crippen molar-refractivity contribution in [1.29, 1.82) is 0 Å². The maximum Gasteiger partial charge on any atom is 0.418 e. The molecule has 2 amide bonds. The molecule has 4 rings (SSSR count). The van der Waals surface area contributed by atoms with Gasteiger partial charge in [-0.05, 0) is 54.1 Å². The van der Waals surface area contributed by atoms with Crippen LogP contribution in [0.15, 0.2) is 107 Å². The van der Waals surface area contributed by atoms with Gasteiger partial charge in [0.25, 0.3) is 5.91 Å². The summed E-state index contributed by atoms with van der Waals surface area (Å²) in [6.07, 6.45) is -3.20. The predicted molar refractivity (Wildman–Crippen MR) is 128 cm³/mol. The number of halogens is 3. The fourth-order valence-corrected chi connectivity index (χ4v) is 4.32. The number of furan rings is 1. The van der Waals surface area contributed by atoms with Gasteiger partial charge in [0, 0.05) is 10.6 Å². The molecule has 1 heterocycles. The monoisotopic (exact) mass is 496 g/mol. The van der Waals surface area contributed by atoms with Gasteiger partial charge < -0.3 is 15.1 Å². The summed E-state index contributed by atoms with van der Waals surface area (Å²) < 4.78 is 45.3. The molecule has 0 saturated carbocycles. The van der Waals surface area contributed by atoms with Gasteiger partial charge in [-0.15, -0.1) is 11.8 Å². The second-order valence-electron chi connectivity index (χ2n) is 7.40. The number of alkyl halides is 3. The zero-order chi connectivity index (χ0) is 24.8. The van der Waals surface area contributed by atoms with Crippen LogP contribution >= 0.6 is 11.8 Å². The number of thioether (sulfide) groups is 1. The third-order valence-corrected chi connectivity index (χ3v) is 6.21. The minimum absolute atomic E-state index is 0.170. The first kappa shape index (κ1) is 24.2. The molecular weight excluding hydrogens is 477 g/mol. The Morgan fingerprint density at radius 2 is 1.49 bits per heavy atom. The van der Waals surface area contributed by atoms with E-state index in [1.54, 1.807) is 66.7 Å². The molecule has 0 bridgehead atoms. The van der Waals surface area contributed by atoms with Gasteiger partial charge in [0.05, 0.1) is 17.5 Å². The summed E-state index contributed by atoms with van der Waals surface area (Å²) >= 11 is 1.18. The second kappa shape index (κ2) is 10.5. The Labute approximate surface area is 203 Å². The zero-order valence-corrected chi connectivity index (χ0v) is 18.9. The molecule has 2 N–H and O–H groups in total. The molecule has 0 aliphatic heterocycles. The first-order valence-electron chi connectivity index (χ1n) is 10.4. The van der Waals surface area contributed by atoms with Gasteiger partial charge in [-0.3, -0.25) is 9.59 Å². The molecule has 1 unspecified atom stereocenters. The topological polar surface area (TPSA) is 71.3 Å². The van der Waals surface area contributed by atoms with Gasteiger partial charge in [0.2, 0.25) is 5.91 Å². The van der Waals surface area contributed by atoms with Crippen molar-refractivity contribution in [3.05, 3.63) is 114 Å². The lowest BCUT2D eigenvalue weighted by Gasteiger charge is -2.19. The van der Waals surface area contributed by atoms with Crippen molar-refractivity contribution >= 4 is 35.0 Å². The molecule has 35 heavy (non-hydrogen) atoms. The number of hydrogen-bond donors (Lipinski definition) is 2. The lowest BCUT2D eigenvalue weighted by Crippen LogP contribution is -2.21. The minimum atomic E-state index is -4.60. The molecule has 0 aliphatic carbocycles. The normalized spacial score (nSPS) is 12.1. The van der Waals surface area contributed by atoms with Crippen LogP contribution in [0.4, 0.5) is 24.5 Å². The Morgan fingerprint density at radius 3 is 2.14 bits per heavy atom. The Balaban J connectivity index is 1.53. The van der Waals surface area contributed by atoms with Crippen LogP contribution < -0.4 is 10.6 Å². The number of hydrogen-bond acceptors (Lipinski definition) is 4. The van der Waals surface area contributed by atoms with E-state index in [2.05, 4.69) is 10.6 Å². The summed E-state index contributed by atoms with van der Waals surface area (Å²) in [4.78, 5) is 26.0. The molecule has 0 saturated heterocycles. The Kier molecular flexibility index (Phi) is 7.26. The Hall–Kier alpha value is -3.98. The van der Waals surface area contributed by atoms with Crippen LogP contribution in [0, 0.1) is 0 Å². The third-order valence-electron chi connectivity index (χ3n) is 4.94. The lowest BCUT2D eigenvalue weighted by atomic mass is 10.1. The number of carbonyl (C=O) groups is 2. The molecule has 0 fully saturated rings. The molecule has 1 aromatic heterocycles. The van der Waals surface area contributed by atoms with Crippen molar-refractivity contribution in [3.8, 4) is 0 Å². The van der Waals surface area contributed by atoms with E-state index in [0.29, 0.717) is 16.1 Å². The Bertz CT molecular complexity index is 1290. The number of para-hydroxylation sites is 1. The van der Waals surface area contributed by atoms with Crippen molar-refractivity contribution in [2.75, 3.05) is 10.6 Å². The summed E-state index contributed by atoms with van der Waals surface area (Å²) in [5.41, 5.74) is -0.0606. The molecule has 0 aliphatic rings. The highest BCUT2D eigenvalue weighted by Crippen LogP contribution is 2.39.